The van der Waals surface area contributed by atoms with E-state index in [1.807, 2.05) is 0 Å². The van der Waals surface area contributed by atoms with E-state index >= 15 is 0 Å². The summed E-state index contributed by atoms with van der Waals surface area (Å²) in [6, 6.07) is 0. The third kappa shape index (κ3) is 2.80. The smallest absolute Gasteiger partial charge is 0.333 e. The first-order valence-corrected chi connectivity index (χ1v) is 11.9. The number of cyclic esters (lactones) is 1. The van der Waals surface area contributed by atoms with Gasteiger partial charge in [-0.1, -0.05) is 34.1 Å². The second kappa shape index (κ2) is 6.55. The highest BCUT2D eigenvalue weighted by Gasteiger charge is 2.66. The number of hydrogen-bond donors (Lipinski definition) is 2. The second-order valence-electron chi connectivity index (χ2n) is 12.2. The Balaban J connectivity index is 1.48. The molecule has 1 saturated heterocycles. The Morgan fingerprint density at radius 2 is 1.67 bits per heavy atom. The summed E-state index contributed by atoms with van der Waals surface area (Å²) in [5.41, 5.74) is 0.449. The molecule has 5 heteroatoms. The van der Waals surface area contributed by atoms with Crippen LogP contribution in [0.3, 0.4) is 0 Å². The molecule has 3 aliphatic carbocycles. The van der Waals surface area contributed by atoms with Crippen LogP contribution in [0.4, 0.5) is 0 Å². The number of ether oxygens (including phenoxy) is 2. The fourth-order valence-electron chi connectivity index (χ4n) is 9.04. The van der Waals surface area contributed by atoms with Gasteiger partial charge >= 0.3 is 5.97 Å². The normalized spacial score (nSPS) is 52.5. The molecule has 2 N–H and O–H groups in total. The van der Waals surface area contributed by atoms with Crippen molar-refractivity contribution in [1.82, 2.24) is 0 Å². The Morgan fingerprint density at radius 3 is 2.37 bits per heavy atom. The summed E-state index contributed by atoms with van der Waals surface area (Å²) in [4.78, 5) is 11.6. The van der Waals surface area contributed by atoms with Gasteiger partial charge in [0.2, 0.25) is 6.29 Å². The Kier molecular flexibility index (Phi) is 4.58. The molecule has 5 nitrogen and oxygen atoms in total. The molecular formula is C25H38O5. The van der Waals surface area contributed by atoms with Gasteiger partial charge in [-0.2, -0.15) is 0 Å². The van der Waals surface area contributed by atoms with Crippen molar-refractivity contribution >= 4 is 5.97 Å². The van der Waals surface area contributed by atoms with Crippen LogP contribution >= 0.6 is 0 Å². The standard InChI is InChI=1S/C25H38O5/c1-22(2)8-5-9-23(3)17(22)6-10-24(4)18(23)7-11-25(28)14-29-16(13-19(24)25)15-12-20(26)30-21(15)27/h12,16-19,21,27-28H,5-11,13-14H2,1-4H3/t16-,17+,18-,19+,21-,23+,24-,25-/m1/s1. The molecule has 0 bridgehead atoms. The van der Waals surface area contributed by atoms with Crippen molar-refractivity contribution < 1.29 is 24.5 Å². The van der Waals surface area contributed by atoms with Crippen molar-refractivity contribution in [3.8, 4) is 0 Å². The molecule has 168 valence electrons. The van der Waals surface area contributed by atoms with E-state index in [1.54, 1.807) is 0 Å². The van der Waals surface area contributed by atoms with Crippen LogP contribution in [-0.2, 0) is 14.3 Å². The number of carbonyl (C=O) groups excluding carboxylic acids is 1. The van der Waals surface area contributed by atoms with Crippen LogP contribution in [0, 0.1) is 34.0 Å². The molecule has 0 aromatic rings. The highest BCUT2D eigenvalue weighted by molar-refractivity contribution is 5.85. The van der Waals surface area contributed by atoms with Gasteiger partial charge in [-0.15, -0.1) is 0 Å². The Hall–Kier alpha value is -0.910. The number of esters is 1. The first-order valence-electron chi connectivity index (χ1n) is 11.9. The Labute approximate surface area is 180 Å². The highest BCUT2D eigenvalue weighted by Crippen LogP contribution is 2.70. The van der Waals surface area contributed by atoms with E-state index in [1.165, 1.54) is 31.8 Å². The zero-order chi connectivity index (χ0) is 21.5. The van der Waals surface area contributed by atoms with Crippen LogP contribution < -0.4 is 0 Å². The first kappa shape index (κ1) is 21.0. The summed E-state index contributed by atoms with van der Waals surface area (Å²) in [6.07, 6.45) is 8.56. The minimum atomic E-state index is -1.21. The fraction of sp³-hybridized carbons (Fsp3) is 0.880. The molecule has 5 aliphatic rings. The molecular weight excluding hydrogens is 380 g/mol. The molecule has 3 saturated carbocycles. The first-order chi connectivity index (χ1) is 14.0. The topological polar surface area (TPSA) is 76.0 Å². The zero-order valence-electron chi connectivity index (χ0n) is 18.9. The average Bonchev–Trinajstić information content (AvgIpc) is 2.98. The summed E-state index contributed by atoms with van der Waals surface area (Å²) in [6.45, 7) is 10.2. The molecule has 8 atom stereocenters. The van der Waals surface area contributed by atoms with Crippen molar-refractivity contribution in [2.24, 2.45) is 34.0 Å². The van der Waals surface area contributed by atoms with Crippen molar-refractivity contribution in [1.29, 1.82) is 0 Å². The Bertz CT molecular complexity index is 774. The van der Waals surface area contributed by atoms with Crippen LogP contribution in [-0.4, -0.2) is 40.8 Å². The van der Waals surface area contributed by atoms with E-state index in [9.17, 15) is 15.0 Å². The summed E-state index contributed by atoms with van der Waals surface area (Å²) in [5, 5.41) is 21.8. The molecule has 2 aliphatic heterocycles. The molecule has 0 radical (unpaired) electrons. The third-order valence-corrected chi connectivity index (χ3v) is 10.3. The van der Waals surface area contributed by atoms with Gasteiger partial charge in [-0.25, -0.2) is 4.79 Å². The minimum Gasteiger partial charge on any atom is -0.429 e. The molecule has 0 spiro atoms. The zero-order valence-corrected chi connectivity index (χ0v) is 18.9. The van der Waals surface area contributed by atoms with Crippen LogP contribution in [0.1, 0.15) is 79.1 Å². The molecule has 0 unspecified atom stereocenters. The largest absolute Gasteiger partial charge is 0.429 e. The number of aliphatic hydroxyl groups is 2. The maximum absolute atomic E-state index is 11.7. The van der Waals surface area contributed by atoms with Crippen LogP contribution in [0.2, 0.25) is 0 Å². The number of rotatable bonds is 1. The molecule has 0 amide bonds. The second-order valence-corrected chi connectivity index (χ2v) is 12.2. The third-order valence-electron chi connectivity index (χ3n) is 10.3. The highest BCUT2D eigenvalue weighted by atomic mass is 16.6. The summed E-state index contributed by atoms with van der Waals surface area (Å²) in [5.74, 6) is 0.929. The number of aliphatic hydroxyl groups excluding tert-OH is 1. The van der Waals surface area contributed by atoms with Gasteiger partial charge in [-0.3, -0.25) is 0 Å². The van der Waals surface area contributed by atoms with Gasteiger partial charge in [-0.05, 0) is 78.9 Å². The molecule has 0 aromatic carbocycles. The van der Waals surface area contributed by atoms with Crippen molar-refractivity contribution in [3.63, 3.8) is 0 Å². The van der Waals surface area contributed by atoms with Gasteiger partial charge < -0.3 is 19.7 Å². The summed E-state index contributed by atoms with van der Waals surface area (Å²) < 4.78 is 10.9. The molecule has 2 heterocycles. The predicted molar refractivity (Wildman–Crippen MR) is 112 cm³/mol. The molecule has 30 heavy (non-hydrogen) atoms. The van der Waals surface area contributed by atoms with Crippen molar-refractivity contribution in [2.75, 3.05) is 6.61 Å². The van der Waals surface area contributed by atoms with Crippen LogP contribution in [0.5, 0.6) is 0 Å². The summed E-state index contributed by atoms with van der Waals surface area (Å²) in [7, 11) is 0. The molecule has 5 rings (SSSR count). The van der Waals surface area contributed by atoms with E-state index in [4.69, 9.17) is 9.47 Å². The number of carbonyl (C=O) groups is 1. The lowest BCUT2D eigenvalue weighted by Gasteiger charge is -2.68. The molecule has 0 aromatic heterocycles. The SMILES string of the molecule is CC1(C)CCC[C@]2(C)[C@H]3CC[C@@]4(O)CO[C@@H](C5=CC(=O)O[C@H]5O)C[C@H]4[C@]3(C)CC[C@@H]12. The van der Waals surface area contributed by atoms with Crippen LogP contribution in [0.25, 0.3) is 0 Å². The lowest BCUT2D eigenvalue weighted by atomic mass is 9.37. The Morgan fingerprint density at radius 1 is 0.967 bits per heavy atom. The number of fused-ring (bicyclic) bond motifs is 5. The quantitative estimate of drug-likeness (QED) is 0.630. The van der Waals surface area contributed by atoms with Gasteiger partial charge in [0.05, 0.1) is 18.3 Å². The minimum absolute atomic E-state index is 0.0443. The van der Waals surface area contributed by atoms with Gasteiger partial charge in [0, 0.05) is 11.6 Å². The van der Waals surface area contributed by atoms with Crippen molar-refractivity contribution in [2.45, 2.75) is 97.1 Å². The monoisotopic (exact) mass is 418 g/mol. The van der Waals surface area contributed by atoms with E-state index < -0.39 is 17.9 Å². The van der Waals surface area contributed by atoms with Gasteiger partial charge in [0.1, 0.15) is 0 Å². The van der Waals surface area contributed by atoms with Gasteiger partial charge in [0.15, 0.2) is 0 Å². The predicted octanol–water partition coefficient (Wildman–Crippen LogP) is 3.97. The maximum Gasteiger partial charge on any atom is 0.333 e. The summed E-state index contributed by atoms with van der Waals surface area (Å²) >= 11 is 0. The lowest BCUT2D eigenvalue weighted by Crippen LogP contribution is -2.66. The van der Waals surface area contributed by atoms with Crippen LogP contribution in [0.15, 0.2) is 11.6 Å². The van der Waals surface area contributed by atoms with E-state index in [2.05, 4.69) is 27.7 Å². The average molecular weight is 419 g/mol. The van der Waals surface area contributed by atoms with E-state index in [0.29, 0.717) is 28.7 Å². The van der Waals surface area contributed by atoms with E-state index in [0.717, 1.165) is 25.2 Å². The van der Waals surface area contributed by atoms with Crippen molar-refractivity contribution in [3.05, 3.63) is 11.6 Å². The van der Waals surface area contributed by atoms with Gasteiger partial charge in [0.25, 0.3) is 0 Å². The number of hydrogen-bond acceptors (Lipinski definition) is 5. The maximum atomic E-state index is 11.7. The fourth-order valence-corrected chi connectivity index (χ4v) is 9.04. The lowest BCUT2D eigenvalue weighted by molar-refractivity contribution is -0.255. The van der Waals surface area contributed by atoms with E-state index in [-0.39, 0.29) is 24.0 Å². The molecule has 4 fully saturated rings.